The van der Waals surface area contributed by atoms with Crippen molar-refractivity contribution in [1.82, 2.24) is 4.31 Å². The molecule has 0 aliphatic rings. The van der Waals surface area contributed by atoms with E-state index < -0.39 is 10.0 Å². The lowest BCUT2D eigenvalue weighted by molar-refractivity contribution is -0.469. The molecule has 24 heavy (non-hydrogen) atoms. The van der Waals surface area contributed by atoms with E-state index in [1.807, 2.05) is 30.3 Å². The van der Waals surface area contributed by atoms with Gasteiger partial charge < -0.3 is 5.21 Å². The number of hydrogen-bond acceptors (Lipinski definition) is 3. The van der Waals surface area contributed by atoms with Crippen molar-refractivity contribution < 1.29 is 13.2 Å². The van der Waals surface area contributed by atoms with Crippen molar-refractivity contribution in [1.29, 1.82) is 0 Å². The van der Waals surface area contributed by atoms with Crippen LogP contribution in [0.4, 0.5) is 0 Å². The molecule has 2 aromatic carbocycles. The van der Waals surface area contributed by atoms with Crippen molar-refractivity contribution in [3.8, 4) is 0 Å². The fraction of sp³-hybridized carbons (Fsp3) is 0.278. The van der Waals surface area contributed by atoms with Gasteiger partial charge in [-0.15, -0.1) is 0 Å². The second kappa shape index (κ2) is 8.08. The maximum Gasteiger partial charge on any atom is 0.243 e. The van der Waals surface area contributed by atoms with Crippen LogP contribution >= 0.6 is 0 Å². The molecule has 0 saturated heterocycles. The molecule has 2 rings (SSSR count). The van der Waals surface area contributed by atoms with E-state index in [9.17, 15) is 13.6 Å². The van der Waals surface area contributed by atoms with Gasteiger partial charge in [-0.2, -0.15) is 4.31 Å². The Kier molecular flexibility index (Phi) is 6.11. The molecule has 0 aromatic heterocycles. The average Bonchev–Trinajstić information content (AvgIpc) is 2.57. The third-order valence-electron chi connectivity index (χ3n) is 3.71. The lowest BCUT2D eigenvalue weighted by Gasteiger charge is -2.19. The van der Waals surface area contributed by atoms with Crippen molar-refractivity contribution in [2.45, 2.75) is 25.3 Å². The Labute approximate surface area is 143 Å². The molecule has 2 aromatic rings. The summed E-state index contributed by atoms with van der Waals surface area (Å²) in [4.78, 5) is 0.155. The molecule has 0 aliphatic carbocycles. The normalized spacial score (nSPS) is 12.5. The van der Waals surface area contributed by atoms with Crippen LogP contribution in [0.25, 0.3) is 0 Å². The van der Waals surface area contributed by atoms with Gasteiger partial charge in [-0.1, -0.05) is 56.3 Å². The highest BCUT2D eigenvalue weighted by atomic mass is 32.2. The second-order valence-corrected chi connectivity index (χ2v) is 7.22. The standard InChI is InChI=1S/C18H22N2O3S/c1-3-20(4-2)24(22,23)18-13-9-8-12-17(18)15-19(21)14-16-10-6-5-7-11-16/h5-13,15H,3-4,14H2,1-2H3. The van der Waals surface area contributed by atoms with Crippen LogP contribution in [0.5, 0.6) is 0 Å². The molecule has 0 N–H and O–H groups in total. The molecule has 0 aliphatic heterocycles. The average molecular weight is 346 g/mol. The summed E-state index contributed by atoms with van der Waals surface area (Å²) in [7, 11) is -3.61. The van der Waals surface area contributed by atoms with E-state index in [0.29, 0.717) is 18.7 Å². The predicted octanol–water partition coefficient (Wildman–Crippen LogP) is 2.85. The van der Waals surface area contributed by atoms with Gasteiger partial charge in [-0.3, -0.25) is 0 Å². The van der Waals surface area contributed by atoms with Gasteiger partial charge in [0.1, 0.15) is 0 Å². The van der Waals surface area contributed by atoms with Crippen molar-refractivity contribution in [2.75, 3.05) is 13.1 Å². The van der Waals surface area contributed by atoms with Gasteiger partial charge in [0.15, 0.2) is 12.8 Å². The molecule has 0 saturated carbocycles. The van der Waals surface area contributed by atoms with Crippen LogP contribution in [0, 0.1) is 5.21 Å². The number of sulfonamides is 1. The lowest BCUT2D eigenvalue weighted by atomic mass is 10.2. The maximum absolute atomic E-state index is 12.7. The first-order valence-corrected chi connectivity index (χ1v) is 9.34. The first-order valence-electron chi connectivity index (χ1n) is 7.90. The molecular formula is C18H22N2O3S. The summed E-state index contributed by atoms with van der Waals surface area (Å²) in [6, 6.07) is 15.9. The topological polar surface area (TPSA) is 63.5 Å². The zero-order valence-corrected chi connectivity index (χ0v) is 14.7. The van der Waals surface area contributed by atoms with E-state index in [0.717, 1.165) is 10.3 Å². The van der Waals surface area contributed by atoms with Gasteiger partial charge in [0.05, 0.1) is 10.5 Å². The van der Waals surface area contributed by atoms with Crippen LogP contribution in [-0.2, 0) is 16.6 Å². The second-order valence-electron chi connectivity index (χ2n) is 5.32. The lowest BCUT2D eigenvalue weighted by Crippen LogP contribution is -2.31. The van der Waals surface area contributed by atoms with Gasteiger partial charge in [-0.25, -0.2) is 13.2 Å². The Bertz CT molecular complexity index is 798. The fourth-order valence-electron chi connectivity index (χ4n) is 2.49. The first-order chi connectivity index (χ1) is 11.5. The molecule has 0 heterocycles. The maximum atomic E-state index is 12.7. The van der Waals surface area contributed by atoms with Crippen LogP contribution in [0.15, 0.2) is 59.5 Å². The Morgan fingerprint density at radius 3 is 2.21 bits per heavy atom. The minimum absolute atomic E-state index is 0.155. The Morgan fingerprint density at radius 2 is 1.58 bits per heavy atom. The summed E-state index contributed by atoms with van der Waals surface area (Å²) in [5, 5.41) is 12.2. The Morgan fingerprint density at radius 1 is 1.00 bits per heavy atom. The van der Waals surface area contributed by atoms with E-state index in [1.165, 1.54) is 16.6 Å². The van der Waals surface area contributed by atoms with E-state index in [2.05, 4.69) is 0 Å². The van der Waals surface area contributed by atoms with Crippen molar-refractivity contribution >= 4 is 16.2 Å². The molecule has 0 fully saturated rings. The van der Waals surface area contributed by atoms with Crippen LogP contribution in [0.1, 0.15) is 25.0 Å². The molecule has 0 bridgehead atoms. The molecule has 0 unspecified atom stereocenters. The minimum atomic E-state index is -3.61. The highest BCUT2D eigenvalue weighted by molar-refractivity contribution is 7.89. The summed E-state index contributed by atoms with van der Waals surface area (Å²) in [5.41, 5.74) is 1.27. The van der Waals surface area contributed by atoms with Crippen molar-refractivity contribution in [2.24, 2.45) is 0 Å². The third-order valence-corrected chi connectivity index (χ3v) is 5.83. The van der Waals surface area contributed by atoms with Gasteiger partial charge in [0.25, 0.3) is 0 Å². The smallest absolute Gasteiger partial charge is 0.243 e. The van der Waals surface area contributed by atoms with Gasteiger partial charge in [-0.05, 0) is 12.1 Å². The van der Waals surface area contributed by atoms with Crippen LogP contribution < -0.4 is 0 Å². The summed E-state index contributed by atoms with van der Waals surface area (Å²) < 4.78 is 27.6. The largest absolute Gasteiger partial charge is 0.624 e. The fourth-order valence-corrected chi connectivity index (χ4v) is 4.12. The minimum Gasteiger partial charge on any atom is -0.624 e. The number of rotatable bonds is 7. The quantitative estimate of drug-likeness (QED) is 0.335. The summed E-state index contributed by atoms with van der Waals surface area (Å²) in [6.45, 7) is 4.53. The molecule has 0 radical (unpaired) electrons. The van der Waals surface area contributed by atoms with E-state index >= 15 is 0 Å². The molecule has 0 atom stereocenters. The summed E-state index contributed by atoms with van der Waals surface area (Å²) in [5.74, 6) is 0. The summed E-state index contributed by atoms with van der Waals surface area (Å²) >= 11 is 0. The number of hydroxylamine groups is 1. The number of nitrogens with zero attached hydrogens (tertiary/aromatic N) is 2. The highest BCUT2D eigenvalue weighted by Gasteiger charge is 2.24. The van der Waals surface area contributed by atoms with Crippen LogP contribution in [-0.4, -0.2) is 36.8 Å². The van der Waals surface area contributed by atoms with Gasteiger partial charge in [0, 0.05) is 18.7 Å². The molecule has 0 spiro atoms. The SMILES string of the molecule is CCN(CC)S(=O)(=O)c1ccccc1C=[N+]([O-])Cc1ccccc1. The third kappa shape index (κ3) is 4.21. The van der Waals surface area contributed by atoms with Crippen molar-refractivity contribution in [3.05, 3.63) is 70.9 Å². The zero-order valence-electron chi connectivity index (χ0n) is 13.9. The first kappa shape index (κ1) is 18.2. The van der Waals surface area contributed by atoms with E-state index in [1.54, 1.807) is 32.0 Å². The zero-order chi connectivity index (χ0) is 17.6. The highest BCUT2D eigenvalue weighted by Crippen LogP contribution is 2.19. The molecule has 5 nitrogen and oxygen atoms in total. The molecule has 128 valence electrons. The predicted molar refractivity (Wildman–Crippen MR) is 95.5 cm³/mol. The molecule has 6 heteroatoms. The van der Waals surface area contributed by atoms with Gasteiger partial charge in [0.2, 0.25) is 10.0 Å². The Hall–Kier alpha value is -2.18. The summed E-state index contributed by atoms with van der Waals surface area (Å²) in [6.07, 6.45) is 1.34. The molecule has 0 amide bonds. The number of hydrogen-bond donors (Lipinski definition) is 0. The Balaban J connectivity index is 2.37. The number of benzene rings is 2. The monoisotopic (exact) mass is 346 g/mol. The molecular weight excluding hydrogens is 324 g/mol. The van der Waals surface area contributed by atoms with E-state index in [-0.39, 0.29) is 11.4 Å². The van der Waals surface area contributed by atoms with E-state index in [4.69, 9.17) is 0 Å². The van der Waals surface area contributed by atoms with Crippen LogP contribution in [0.3, 0.4) is 0 Å². The van der Waals surface area contributed by atoms with Gasteiger partial charge >= 0.3 is 0 Å². The van der Waals surface area contributed by atoms with Crippen molar-refractivity contribution in [3.63, 3.8) is 0 Å². The van der Waals surface area contributed by atoms with Crippen LogP contribution in [0.2, 0.25) is 0 Å².